The van der Waals surface area contributed by atoms with Crippen molar-refractivity contribution in [2.24, 2.45) is 10.7 Å². The van der Waals surface area contributed by atoms with E-state index < -0.39 is 11.7 Å². The van der Waals surface area contributed by atoms with E-state index in [1.54, 1.807) is 4.90 Å². The highest BCUT2D eigenvalue weighted by Gasteiger charge is 2.24. The number of nitrogens with one attached hydrogen (secondary N) is 1. The molecule has 1 aromatic carbocycles. The number of alkyl carbamates (subject to hydrolysis) is 1. The molecule has 0 aromatic heterocycles. The van der Waals surface area contributed by atoms with Crippen LogP contribution in [0.15, 0.2) is 23.2 Å². The van der Waals surface area contributed by atoms with Crippen LogP contribution in [0.3, 0.4) is 0 Å². The number of amides is 2. The van der Waals surface area contributed by atoms with Gasteiger partial charge in [-0.25, -0.2) is 9.79 Å². The summed E-state index contributed by atoms with van der Waals surface area (Å²) in [5.41, 5.74) is 7.59. The summed E-state index contributed by atoms with van der Waals surface area (Å²) < 4.78 is 5.29. The van der Waals surface area contributed by atoms with Gasteiger partial charge in [0.25, 0.3) is 0 Å². The number of rotatable bonds is 5. The van der Waals surface area contributed by atoms with Gasteiger partial charge >= 0.3 is 6.09 Å². The number of anilines is 1. The summed E-state index contributed by atoms with van der Waals surface area (Å²) in [6.07, 6.45) is 0.868. The van der Waals surface area contributed by atoms with Crippen molar-refractivity contribution >= 4 is 40.3 Å². The Hall–Kier alpha value is -2.22. The third-order valence-electron chi connectivity index (χ3n) is 3.78. The van der Waals surface area contributed by atoms with E-state index in [4.69, 9.17) is 10.5 Å². The largest absolute Gasteiger partial charge is 0.444 e. The van der Waals surface area contributed by atoms with Gasteiger partial charge in [-0.3, -0.25) is 4.79 Å². The van der Waals surface area contributed by atoms with E-state index in [-0.39, 0.29) is 12.5 Å². The molecule has 7 nitrogen and oxygen atoms in total. The van der Waals surface area contributed by atoms with Crippen LogP contribution < -0.4 is 16.0 Å². The molecule has 27 heavy (non-hydrogen) atoms. The number of nitrogens with two attached hydrogens (primary N) is 1. The minimum absolute atomic E-state index is 0.0887. The smallest absolute Gasteiger partial charge is 0.407 e. The highest BCUT2D eigenvalue weighted by molar-refractivity contribution is 8.13. The number of hydrogen-bond donors (Lipinski definition) is 2. The Kier molecular flexibility index (Phi) is 7.12. The number of ether oxygens (including phenoxy) is 1. The SMILES string of the molecule is CCSC(N)=Nc1ccc(N2CCCC2=O)c(CNC(=O)OC(C)(C)C)c1. The topological polar surface area (TPSA) is 97.0 Å². The lowest BCUT2D eigenvalue weighted by molar-refractivity contribution is -0.117. The molecule has 0 atom stereocenters. The van der Waals surface area contributed by atoms with Gasteiger partial charge in [0.2, 0.25) is 5.91 Å². The van der Waals surface area contributed by atoms with Crippen LogP contribution in [0.5, 0.6) is 0 Å². The van der Waals surface area contributed by atoms with Crippen LogP contribution in [0, 0.1) is 0 Å². The minimum Gasteiger partial charge on any atom is -0.444 e. The molecule has 1 fully saturated rings. The van der Waals surface area contributed by atoms with Crippen molar-refractivity contribution in [3.8, 4) is 0 Å². The van der Waals surface area contributed by atoms with E-state index >= 15 is 0 Å². The van der Waals surface area contributed by atoms with Gasteiger partial charge in [0.05, 0.1) is 5.69 Å². The molecule has 1 heterocycles. The number of thioether (sulfide) groups is 1. The number of nitrogens with zero attached hydrogens (tertiary/aromatic N) is 2. The van der Waals surface area contributed by atoms with Crippen LogP contribution in [-0.4, -0.2) is 35.1 Å². The monoisotopic (exact) mass is 392 g/mol. The van der Waals surface area contributed by atoms with Crippen molar-refractivity contribution in [2.75, 3.05) is 17.2 Å². The van der Waals surface area contributed by atoms with Gasteiger partial charge in [0.1, 0.15) is 5.60 Å². The molecule has 2 amide bonds. The Morgan fingerprint density at radius 1 is 1.41 bits per heavy atom. The van der Waals surface area contributed by atoms with Crippen LogP contribution in [0.4, 0.5) is 16.2 Å². The van der Waals surface area contributed by atoms with Gasteiger partial charge in [-0.2, -0.15) is 0 Å². The maximum atomic E-state index is 12.2. The Morgan fingerprint density at radius 3 is 2.74 bits per heavy atom. The van der Waals surface area contributed by atoms with Crippen molar-refractivity contribution < 1.29 is 14.3 Å². The highest BCUT2D eigenvalue weighted by atomic mass is 32.2. The van der Waals surface area contributed by atoms with Crippen molar-refractivity contribution in [3.05, 3.63) is 23.8 Å². The number of hydrogen-bond acceptors (Lipinski definition) is 5. The van der Waals surface area contributed by atoms with Crippen LogP contribution >= 0.6 is 11.8 Å². The van der Waals surface area contributed by atoms with E-state index in [1.807, 2.05) is 45.9 Å². The zero-order valence-electron chi connectivity index (χ0n) is 16.4. The first-order valence-electron chi connectivity index (χ1n) is 9.06. The molecule has 0 spiro atoms. The molecule has 1 aromatic rings. The second-order valence-corrected chi connectivity index (χ2v) is 8.48. The van der Waals surface area contributed by atoms with Gasteiger partial charge < -0.3 is 20.7 Å². The average Bonchev–Trinajstić information content (AvgIpc) is 2.97. The summed E-state index contributed by atoms with van der Waals surface area (Å²) in [6, 6.07) is 5.54. The lowest BCUT2D eigenvalue weighted by Gasteiger charge is -2.22. The zero-order valence-corrected chi connectivity index (χ0v) is 17.2. The lowest BCUT2D eigenvalue weighted by atomic mass is 10.1. The van der Waals surface area contributed by atoms with Gasteiger partial charge in [-0.1, -0.05) is 18.7 Å². The Bertz CT molecular complexity index is 728. The van der Waals surface area contributed by atoms with Crippen LogP contribution in [-0.2, 0) is 16.1 Å². The molecule has 0 radical (unpaired) electrons. The molecular formula is C19H28N4O3S. The molecule has 8 heteroatoms. The summed E-state index contributed by atoms with van der Waals surface area (Å²) in [7, 11) is 0. The molecule has 148 valence electrons. The fourth-order valence-electron chi connectivity index (χ4n) is 2.74. The fraction of sp³-hybridized carbons (Fsp3) is 0.526. The summed E-state index contributed by atoms with van der Waals surface area (Å²) in [4.78, 5) is 30.3. The standard InChI is InChI=1S/C19H28N4O3S/c1-5-27-17(20)22-14-8-9-15(23-10-6-7-16(23)24)13(11-14)12-21-18(25)26-19(2,3)4/h8-9,11H,5-7,10,12H2,1-4H3,(H2,20,22)(H,21,25). The summed E-state index contributed by atoms with van der Waals surface area (Å²) >= 11 is 1.46. The van der Waals surface area contributed by atoms with Crippen LogP contribution in [0.2, 0.25) is 0 Å². The summed E-state index contributed by atoms with van der Waals surface area (Å²) in [6.45, 7) is 8.34. The molecule has 0 saturated carbocycles. The van der Waals surface area contributed by atoms with E-state index in [9.17, 15) is 9.59 Å². The van der Waals surface area contributed by atoms with E-state index in [1.165, 1.54) is 11.8 Å². The second kappa shape index (κ2) is 9.12. The summed E-state index contributed by atoms with van der Waals surface area (Å²) in [5.74, 6) is 0.925. The minimum atomic E-state index is -0.574. The molecule has 1 saturated heterocycles. The first-order chi connectivity index (χ1) is 12.7. The number of carbonyl (C=O) groups excluding carboxylic acids is 2. The lowest BCUT2D eigenvalue weighted by Crippen LogP contribution is -2.33. The average molecular weight is 393 g/mol. The van der Waals surface area contributed by atoms with Gasteiger partial charge in [-0.05, 0) is 56.7 Å². The van der Waals surface area contributed by atoms with Crippen molar-refractivity contribution in [2.45, 2.75) is 52.7 Å². The number of aliphatic imine (C=N–C) groups is 1. The molecule has 1 aliphatic rings. The Labute approximate surface area is 164 Å². The van der Waals surface area contributed by atoms with E-state index in [0.717, 1.165) is 23.4 Å². The quantitative estimate of drug-likeness (QED) is 0.590. The molecular weight excluding hydrogens is 364 g/mol. The third kappa shape index (κ3) is 6.46. The summed E-state index contributed by atoms with van der Waals surface area (Å²) in [5, 5.41) is 3.24. The predicted molar refractivity (Wildman–Crippen MR) is 111 cm³/mol. The first-order valence-corrected chi connectivity index (χ1v) is 10.1. The maximum Gasteiger partial charge on any atom is 0.407 e. The first kappa shape index (κ1) is 21.1. The molecule has 0 unspecified atom stereocenters. The normalized spacial score (nSPS) is 15.2. The number of amidine groups is 1. The second-order valence-electron chi connectivity index (χ2n) is 7.20. The van der Waals surface area contributed by atoms with Crippen LogP contribution in [0.1, 0.15) is 46.1 Å². The van der Waals surface area contributed by atoms with Gasteiger partial charge in [-0.15, -0.1) is 0 Å². The third-order valence-corrected chi connectivity index (χ3v) is 4.46. The van der Waals surface area contributed by atoms with Crippen molar-refractivity contribution in [3.63, 3.8) is 0 Å². The van der Waals surface area contributed by atoms with E-state index in [2.05, 4.69) is 10.3 Å². The number of carbonyl (C=O) groups is 2. The maximum absolute atomic E-state index is 12.2. The van der Waals surface area contributed by atoms with E-state index in [0.29, 0.717) is 23.8 Å². The van der Waals surface area contributed by atoms with Crippen LogP contribution in [0.25, 0.3) is 0 Å². The van der Waals surface area contributed by atoms with Gasteiger partial charge in [0.15, 0.2) is 5.17 Å². The zero-order chi connectivity index (χ0) is 20.0. The van der Waals surface area contributed by atoms with Crippen molar-refractivity contribution in [1.29, 1.82) is 0 Å². The highest BCUT2D eigenvalue weighted by Crippen LogP contribution is 2.29. The molecule has 2 rings (SSSR count). The fourth-order valence-corrected chi connectivity index (χ4v) is 3.20. The number of benzene rings is 1. The van der Waals surface area contributed by atoms with Crippen molar-refractivity contribution in [1.82, 2.24) is 5.32 Å². The molecule has 0 aliphatic carbocycles. The predicted octanol–water partition coefficient (Wildman–Crippen LogP) is 3.54. The molecule has 0 bridgehead atoms. The Balaban J connectivity index is 2.24. The molecule has 3 N–H and O–H groups in total. The molecule has 1 aliphatic heterocycles. The van der Waals surface area contributed by atoms with Gasteiger partial charge in [0, 0.05) is 25.2 Å². The Morgan fingerprint density at radius 2 is 2.15 bits per heavy atom.